The fourth-order valence-corrected chi connectivity index (χ4v) is 2.73. The number of nitrogens with one attached hydrogen (secondary N) is 1. The highest BCUT2D eigenvalue weighted by Crippen LogP contribution is 2.25. The van der Waals surface area contributed by atoms with Crippen molar-refractivity contribution in [3.63, 3.8) is 0 Å². The van der Waals surface area contributed by atoms with Crippen LogP contribution < -0.4 is 10.1 Å². The SMILES string of the molecule is O=C(NCC(O)c1ccc(OC(F)(F)F)cc1)c1ccc(Br)cc1Cl. The Hall–Kier alpha value is -1.77. The molecule has 0 saturated carbocycles. The number of hydrogen-bond acceptors (Lipinski definition) is 3. The summed E-state index contributed by atoms with van der Waals surface area (Å²) in [5.41, 5.74) is 0.572. The van der Waals surface area contributed by atoms with Gasteiger partial charge in [-0.25, -0.2) is 0 Å². The van der Waals surface area contributed by atoms with Crippen LogP contribution in [0.25, 0.3) is 0 Å². The summed E-state index contributed by atoms with van der Waals surface area (Å²) in [6, 6.07) is 9.47. The summed E-state index contributed by atoms with van der Waals surface area (Å²) in [5.74, 6) is -0.872. The molecule has 2 aromatic rings. The van der Waals surface area contributed by atoms with Gasteiger partial charge in [-0.05, 0) is 35.9 Å². The highest BCUT2D eigenvalue weighted by Gasteiger charge is 2.31. The standard InChI is InChI=1S/C16H12BrClF3NO3/c17-10-3-6-12(13(18)7-10)15(24)22-8-14(23)9-1-4-11(5-2-9)25-16(19,20)21/h1-7,14,23H,8H2,(H,22,24). The van der Waals surface area contributed by atoms with Gasteiger partial charge < -0.3 is 15.2 Å². The van der Waals surface area contributed by atoms with Crippen molar-refractivity contribution in [2.75, 3.05) is 6.54 Å². The number of benzene rings is 2. The summed E-state index contributed by atoms with van der Waals surface area (Å²) in [4.78, 5) is 12.1. The fraction of sp³-hybridized carbons (Fsp3) is 0.188. The molecular formula is C16H12BrClF3NO3. The molecule has 2 rings (SSSR count). The van der Waals surface area contributed by atoms with Gasteiger partial charge in [-0.2, -0.15) is 0 Å². The summed E-state index contributed by atoms with van der Waals surface area (Å²) < 4.78 is 40.8. The smallest absolute Gasteiger partial charge is 0.406 e. The summed E-state index contributed by atoms with van der Waals surface area (Å²) in [5, 5.41) is 12.8. The van der Waals surface area contributed by atoms with E-state index in [4.69, 9.17) is 11.6 Å². The van der Waals surface area contributed by atoms with E-state index in [1.807, 2.05) is 0 Å². The van der Waals surface area contributed by atoms with Gasteiger partial charge in [0.2, 0.25) is 0 Å². The van der Waals surface area contributed by atoms with E-state index >= 15 is 0 Å². The molecule has 25 heavy (non-hydrogen) atoms. The minimum absolute atomic E-state index is 0.134. The molecule has 0 aromatic heterocycles. The first kappa shape index (κ1) is 19.6. The highest BCUT2D eigenvalue weighted by molar-refractivity contribution is 9.10. The molecule has 0 aliphatic carbocycles. The second-order valence-electron chi connectivity index (χ2n) is 4.97. The molecule has 0 radical (unpaired) electrons. The second-order valence-corrected chi connectivity index (χ2v) is 6.29. The molecule has 0 bridgehead atoms. The number of aliphatic hydroxyl groups excluding tert-OH is 1. The average molecular weight is 439 g/mol. The maximum absolute atomic E-state index is 12.1. The van der Waals surface area contributed by atoms with E-state index in [0.29, 0.717) is 5.56 Å². The predicted molar refractivity (Wildman–Crippen MR) is 89.6 cm³/mol. The third-order valence-electron chi connectivity index (χ3n) is 3.13. The minimum Gasteiger partial charge on any atom is -0.406 e. The van der Waals surface area contributed by atoms with E-state index in [2.05, 4.69) is 26.0 Å². The van der Waals surface area contributed by atoms with Crippen LogP contribution in [0.5, 0.6) is 5.75 Å². The number of halogens is 5. The Morgan fingerprint density at radius 2 is 1.88 bits per heavy atom. The molecule has 4 nitrogen and oxygen atoms in total. The third kappa shape index (κ3) is 5.91. The number of carbonyl (C=O) groups excluding carboxylic acids is 1. The normalized spacial score (nSPS) is 12.6. The lowest BCUT2D eigenvalue weighted by Crippen LogP contribution is -2.28. The number of hydrogen-bond donors (Lipinski definition) is 2. The zero-order valence-electron chi connectivity index (χ0n) is 12.5. The van der Waals surface area contributed by atoms with Crippen molar-refractivity contribution in [1.29, 1.82) is 0 Å². The number of alkyl halides is 3. The van der Waals surface area contributed by atoms with E-state index in [1.165, 1.54) is 18.2 Å². The second kappa shape index (κ2) is 8.07. The monoisotopic (exact) mass is 437 g/mol. The average Bonchev–Trinajstić information content (AvgIpc) is 2.51. The van der Waals surface area contributed by atoms with Crippen LogP contribution in [-0.4, -0.2) is 23.9 Å². The molecule has 1 atom stereocenters. The molecule has 1 amide bonds. The Balaban J connectivity index is 1.95. The van der Waals surface area contributed by atoms with Gasteiger partial charge in [0.25, 0.3) is 5.91 Å². The maximum Gasteiger partial charge on any atom is 0.573 e. The van der Waals surface area contributed by atoms with Gasteiger partial charge in [0.05, 0.1) is 16.7 Å². The number of aliphatic hydroxyl groups is 1. The first-order valence-corrected chi connectivity index (χ1v) is 8.10. The van der Waals surface area contributed by atoms with Crippen LogP contribution in [0.3, 0.4) is 0 Å². The van der Waals surface area contributed by atoms with Gasteiger partial charge in [0, 0.05) is 11.0 Å². The Morgan fingerprint density at radius 3 is 2.44 bits per heavy atom. The van der Waals surface area contributed by atoms with Gasteiger partial charge in [0.1, 0.15) is 5.75 Å². The zero-order valence-corrected chi connectivity index (χ0v) is 14.8. The Bertz CT molecular complexity index is 753. The highest BCUT2D eigenvalue weighted by atomic mass is 79.9. The maximum atomic E-state index is 12.1. The molecular weight excluding hydrogens is 427 g/mol. The molecule has 9 heteroatoms. The minimum atomic E-state index is -4.78. The summed E-state index contributed by atoms with van der Waals surface area (Å²) in [6.07, 6.45) is -5.88. The van der Waals surface area contributed by atoms with Crippen molar-refractivity contribution in [3.05, 3.63) is 63.1 Å². The molecule has 0 fully saturated rings. The number of amides is 1. The zero-order chi connectivity index (χ0) is 18.6. The molecule has 0 saturated heterocycles. The largest absolute Gasteiger partial charge is 0.573 e. The number of ether oxygens (including phenoxy) is 1. The predicted octanol–water partition coefficient (Wildman–Crippen LogP) is 4.46. The molecule has 0 heterocycles. The van der Waals surface area contributed by atoms with Gasteiger partial charge in [-0.3, -0.25) is 4.79 Å². The molecule has 0 aliphatic heterocycles. The lowest BCUT2D eigenvalue weighted by Gasteiger charge is -2.14. The lowest BCUT2D eigenvalue weighted by atomic mass is 10.1. The summed E-state index contributed by atoms with van der Waals surface area (Å²) in [6.45, 7) is -0.134. The van der Waals surface area contributed by atoms with Gasteiger partial charge in [-0.1, -0.05) is 39.7 Å². The van der Waals surface area contributed by atoms with Crippen LogP contribution in [0.1, 0.15) is 22.0 Å². The first-order valence-electron chi connectivity index (χ1n) is 6.93. The molecule has 1 unspecified atom stereocenters. The van der Waals surface area contributed by atoms with Gasteiger partial charge >= 0.3 is 6.36 Å². The van der Waals surface area contributed by atoms with E-state index in [9.17, 15) is 23.1 Å². The van der Waals surface area contributed by atoms with Crippen LogP contribution in [-0.2, 0) is 0 Å². The number of carbonyl (C=O) groups is 1. The first-order chi connectivity index (χ1) is 11.7. The summed E-state index contributed by atoms with van der Waals surface area (Å²) in [7, 11) is 0. The van der Waals surface area contributed by atoms with Crippen molar-refractivity contribution >= 4 is 33.4 Å². The van der Waals surface area contributed by atoms with E-state index in [-0.39, 0.29) is 17.1 Å². The van der Waals surface area contributed by atoms with Crippen molar-refractivity contribution < 1.29 is 27.8 Å². The fourth-order valence-electron chi connectivity index (χ4n) is 1.97. The van der Waals surface area contributed by atoms with Gasteiger partial charge in [0.15, 0.2) is 0 Å². The molecule has 2 aromatic carbocycles. The van der Waals surface area contributed by atoms with E-state index in [0.717, 1.165) is 16.6 Å². The topological polar surface area (TPSA) is 58.6 Å². The molecule has 2 N–H and O–H groups in total. The Kier molecular flexibility index (Phi) is 6.31. The third-order valence-corrected chi connectivity index (χ3v) is 3.94. The van der Waals surface area contributed by atoms with Crippen molar-refractivity contribution in [1.82, 2.24) is 5.32 Å². The van der Waals surface area contributed by atoms with Crippen molar-refractivity contribution in [2.45, 2.75) is 12.5 Å². The van der Waals surface area contributed by atoms with Crippen LogP contribution >= 0.6 is 27.5 Å². The van der Waals surface area contributed by atoms with Crippen molar-refractivity contribution in [3.8, 4) is 5.75 Å². The quantitative estimate of drug-likeness (QED) is 0.724. The lowest BCUT2D eigenvalue weighted by molar-refractivity contribution is -0.274. The van der Waals surface area contributed by atoms with Crippen LogP contribution in [0.4, 0.5) is 13.2 Å². The van der Waals surface area contributed by atoms with E-state index < -0.39 is 24.1 Å². The Morgan fingerprint density at radius 1 is 1.24 bits per heavy atom. The number of rotatable bonds is 5. The van der Waals surface area contributed by atoms with Gasteiger partial charge in [-0.15, -0.1) is 13.2 Å². The Labute approximate surface area is 154 Å². The molecule has 134 valence electrons. The van der Waals surface area contributed by atoms with Crippen molar-refractivity contribution in [2.24, 2.45) is 0 Å². The van der Waals surface area contributed by atoms with Crippen LogP contribution in [0.2, 0.25) is 5.02 Å². The van der Waals surface area contributed by atoms with Crippen LogP contribution in [0.15, 0.2) is 46.9 Å². The molecule has 0 spiro atoms. The summed E-state index contributed by atoms with van der Waals surface area (Å²) >= 11 is 9.19. The van der Waals surface area contributed by atoms with Crippen LogP contribution in [0, 0.1) is 0 Å². The van der Waals surface area contributed by atoms with E-state index in [1.54, 1.807) is 12.1 Å². The molecule has 0 aliphatic rings.